The zero-order valence-corrected chi connectivity index (χ0v) is 21.0. The highest BCUT2D eigenvalue weighted by Crippen LogP contribution is 2.44. The van der Waals surface area contributed by atoms with E-state index in [1.54, 1.807) is 31.2 Å². The summed E-state index contributed by atoms with van der Waals surface area (Å²) in [6.45, 7) is 2.26. The van der Waals surface area contributed by atoms with E-state index in [4.69, 9.17) is 17.3 Å². The number of nitrogens with zero attached hydrogens (tertiary/aromatic N) is 3. The summed E-state index contributed by atoms with van der Waals surface area (Å²) in [5.74, 6) is -1.98. The van der Waals surface area contributed by atoms with Crippen LogP contribution in [0.15, 0.2) is 30.3 Å². The number of aromatic nitrogens is 3. The molecule has 38 heavy (non-hydrogen) atoms. The molecule has 0 fully saturated rings. The highest BCUT2D eigenvalue weighted by Gasteiger charge is 2.39. The fraction of sp³-hybridized carbons (Fsp3) is 0.217. The Bertz CT molecular complexity index is 1570. The number of fused-ring (bicyclic) bond motifs is 1. The van der Waals surface area contributed by atoms with Crippen molar-refractivity contribution < 1.29 is 35.9 Å². The van der Waals surface area contributed by atoms with Gasteiger partial charge < -0.3 is 11.1 Å². The quantitative estimate of drug-likeness (QED) is 0.276. The van der Waals surface area contributed by atoms with Crippen molar-refractivity contribution >= 4 is 50.7 Å². The average molecular weight is 576 g/mol. The molecule has 200 valence electrons. The molecule has 0 spiro atoms. The van der Waals surface area contributed by atoms with Crippen LogP contribution in [0, 0.1) is 13.8 Å². The van der Waals surface area contributed by atoms with Gasteiger partial charge in [-0.2, -0.15) is 31.4 Å². The number of thiophene rings is 1. The maximum absolute atomic E-state index is 13.6. The van der Waals surface area contributed by atoms with Crippen molar-refractivity contribution in [1.29, 1.82) is 0 Å². The second-order valence-corrected chi connectivity index (χ2v) is 9.60. The highest BCUT2D eigenvalue weighted by molar-refractivity contribution is 7.21. The summed E-state index contributed by atoms with van der Waals surface area (Å²) in [5, 5.41) is 5.08. The Labute approximate surface area is 219 Å². The Kier molecular flexibility index (Phi) is 6.91. The smallest absolute Gasteiger partial charge is 0.365 e. The predicted molar refractivity (Wildman–Crippen MR) is 129 cm³/mol. The first kappa shape index (κ1) is 27.4. The van der Waals surface area contributed by atoms with E-state index >= 15 is 0 Å². The summed E-state index contributed by atoms with van der Waals surface area (Å²) >= 11 is 6.27. The molecule has 1 aromatic carbocycles. The minimum absolute atomic E-state index is 0.0130. The first-order valence-electron chi connectivity index (χ1n) is 10.6. The number of carbonyl (C=O) groups is 2. The molecule has 4 aromatic rings. The number of rotatable bonds is 5. The van der Waals surface area contributed by atoms with Crippen molar-refractivity contribution in [1.82, 2.24) is 14.8 Å². The van der Waals surface area contributed by atoms with Crippen LogP contribution in [0.2, 0.25) is 5.02 Å². The van der Waals surface area contributed by atoms with Gasteiger partial charge in [0.2, 0.25) is 5.91 Å². The fourth-order valence-corrected chi connectivity index (χ4v) is 4.92. The molecule has 0 unspecified atom stereocenters. The third-order valence-corrected chi connectivity index (χ3v) is 7.05. The van der Waals surface area contributed by atoms with Crippen molar-refractivity contribution in [3.05, 3.63) is 62.9 Å². The molecule has 4 rings (SSSR count). The van der Waals surface area contributed by atoms with Crippen LogP contribution < -0.4 is 11.1 Å². The SMILES string of the molecule is Cc1ccc(-c2cc(C(F)(F)F)nc3sc(C(N)=O)c(NC(=O)Cn4nc(C(F)(F)F)c(Cl)c4C)c23)cc1. The number of carbonyl (C=O) groups excluding carboxylic acids is 2. The topological polar surface area (TPSA) is 103 Å². The molecule has 0 saturated carbocycles. The summed E-state index contributed by atoms with van der Waals surface area (Å²) in [6, 6.07) is 7.23. The molecular weight excluding hydrogens is 560 g/mol. The normalized spacial score (nSPS) is 12.2. The molecule has 0 atom stereocenters. The van der Waals surface area contributed by atoms with Crippen molar-refractivity contribution in [2.75, 3.05) is 5.32 Å². The van der Waals surface area contributed by atoms with Gasteiger partial charge in [-0.3, -0.25) is 14.3 Å². The van der Waals surface area contributed by atoms with Gasteiger partial charge >= 0.3 is 12.4 Å². The number of hydrogen-bond acceptors (Lipinski definition) is 5. The number of halogens is 7. The van der Waals surface area contributed by atoms with E-state index in [0.29, 0.717) is 16.9 Å². The maximum atomic E-state index is 13.6. The monoisotopic (exact) mass is 575 g/mol. The summed E-state index contributed by atoms with van der Waals surface area (Å²) in [4.78, 5) is 28.2. The maximum Gasteiger partial charge on any atom is 0.436 e. The average Bonchev–Trinajstić information content (AvgIpc) is 3.31. The number of nitrogens with two attached hydrogens (primary N) is 1. The van der Waals surface area contributed by atoms with Crippen LogP contribution in [0.3, 0.4) is 0 Å². The lowest BCUT2D eigenvalue weighted by Crippen LogP contribution is -2.22. The Morgan fingerprint density at radius 2 is 1.71 bits per heavy atom. The van der Waals surface area contributed by atoms with E-state index in [1.807, 2.05) is 0 Å². The van der Waals surface area contributed by atoms with Crippen LogP contribution in [0.4, 0.5) is 32.0 Å². The number of alkyl halides is 6. The molecule has 0 radical (unpaired) electrons. The predicted octanol–water partition coefficient (Wildman–Crippen LogP) is 6.21. The van der Waals surface area contributed by atoms with Crippen LogP contribution >= 0.6 is 22.9 Å². The zero-order valence-electron chi connectivity index (χ0n) is 19.4. The zero-order chi connectivity index (χ0) is 28.2. The van der Waals surface area contributed by atoms with E-state index in [1.165, 1.54) is 6.92 Å². The summed E-state index contributed by atoms with van der Waals surface area (Å²) in [5.41, 5.74) is 3.66. The third-order valence-electron chi connectivity index (χ3n) is 5.50. The molecule has 7 nitrogen and oxygen atoms in total. The van der Waals surface area contributed by atoms with Gasteiger partial charge in [-0.1, -0.05) is 41.4 Å². The molecular formula is C23H16ClF6N5O2S. The van der Waals surface area contributed by atoms with Crippen LogP contribution in [0.1, 0.15) is 32.3 Å². The third kappa shape index (κ3) is 5.18. The molecule has 0 saturated heterocycles. The number of nitrogens with one attached hydrogen (secondary N) is 1. The lowest BCUT2D eigenvalue weighted by molar-refractivity contribution is -0.142. The largest absolute Gasteiger partial charge is 0.436 e. The summed E-state index contributed by atoms with van der Waals surface area (Å²) < 4.78 is 81.1. The Balaban J connectivity index is 1.85. The minimum atomic E-state index is -4.86. The van der Waals surface area contributed by atoms with Gasteiger partial charge in [0.05, 0.1) is 16.4 Å². The molecule has 0 aliphatic carbocycles. The number of hydrogen-bond donors (Lipinski definition) is 2. The number of pyridine rings is 1. The van der Waals surface area contributed by atoms with Gasteiger partial charge in [0, 0.05) is 5.39 Å². The Hall–Kier alpha value is -3.65. The van der Waals surface area contributed by atoms with Crippen LogP contribution in [0.5, 0.6) is 0 Å². The molecule has 3 heterocycles. The van der Waals surface area contributed by atoms with Gasteiger partial charge in [-0.15, -0.1) is 11.3 Å². The Morgan fingerprint density at radius 1 is 1.08 bits per heavy atom. The van der Waals surface area contributed by atoms with Crippen molar-refractivity contribution in [3.8, 4) is 11.1 Å². The van der Waals surface area contributed by atoms with Crippen molar-refractivity contribution in [3.63, 3.8) is 0 Å². The molecule has 0 aliphatic rings. The summed E-state index contributed by atoms with van der Waals surface area (Å²) in [6.07, 6.45) is -9.68. The molecule has 0 bridgehead atoms. The highest BCUT2D eigenvalue weighted by atomic mass is 35.5. The molecule has 3 aromatic heterocycles. The molecule has 0 aliphatic heterocycles. The first-order valence-corrected chi connectivity index (χ1v) is 11.8. The number of anilines is 1. The second kappa shape index (κ2) is 9.58. The Morgan fingerprint density at radius 3 is 2.24 bits per heavy atom. The molecule has 2 amide bonds. The fourth-order valence-electron chi connectivity index (χ4n) is 3.67. The lowest BCUT2D eigenvalue weighted by atomic mass is 10.00. The number of primary amides is 1. The first-order chi connectivity index (χ1) is 17.6. The van der Waals surface area contributed by atoms with Gasteiger partial charge in [0.15, 0.2) is 5.69 Å². The minimum Gasteiger partial charge on any atom is -0.365 e. The van der Waals surface area contributed by atoms with Crippen LogP contribution in [-0.4, -0.2) is 26.6 Å². The van der Waals surface area contributed by atoms with Crippen molar-refractivity contribution in [2.24, 2.45) is 5.73 Å². The number of aryl methyl sites for hydroxylation is 1. The van der Waals surface area contributed by atoms with Gasteiger partial charge in [-0.05, 0) is 31.0 Å². The van der Waals surface area contributed by atoms with Gasteiger partial charge in [0.25, 0.3) is 5.91 Å². The van der Waals surface area contributed by atoms with Crippen molar-refractivity contribution in [2.45, 2.75) is 32.7 Å². The van der Waals surface area contributed by atoms with Crippen LogP contribution in [-0.2, 0) is 23.7 Å². The van der Waals surface area contributed by atoms with E-state index in [0.717, 1.165) is 16.3 Å². The van der Waals surface area contributed by atoms with Crippen LogP contribution in [0.25, 0.3) is 21.3 Å². The molecule has 15 heteroatoms. The summed E-state index contributed by atoms with van der Waals surface area (Å²) in [7, 11) is 0. The number of benzene rings is 1. The van der Waals surface area contributed by atoms with E-state index in [9.17, 15) is 35.9 Å². The van der Waals surface area contributed by atoms with Gasteiger partial charge in [0.1, 0.15) is 21.9 Å². The standard InChI is InChI=1S/C23H16ClF6N5O2S/c1-9-3-5-11(6-4-9)12-7-13(22(25,26)27)32-21-15(12)17(18(38-21)20(31)37)33-14(36)8-35-10(2)16(24)19(34-35)23(28,29)30/h3-7H,8H2,1-2H3,(H2,31,37)(H,33,36). The van der Waals surface area contributed by atoms with Gasteiger partial charge in [-0.25, -0.2) is 4.98 Å². The lowest BCUT2D eigenvalue weighted by Gasteiger charge is -2.13. The molecule has 3 N–H and O–H groups in total. The second-order valence-electron chi connectivity index (χ2n) is 8.22. The van der Waals surface area contributed by atoms with E-state index in [2.05, 4.69) is 15.4 Å². The number of amides is 2. The van der Waals surface area contributed by atoms with E-state index < -0.39 is 47.1 Å². The van der Waals surface area contributed by atoms with E-state index in [-0.39, 0.29) is 32.0 Å².